The van der Waals surface area contributed by atoms with E-state index in [4.69, 9.17) is 0 Å². The predicted octanol–water partition coefficient (Wildman–Crippen LogP) is 4.00. The topological polar surface area (TPSA) is 40.6 Å². The molecular formula is C14H26N2O2. The highest BCUT2D eigenvalue weighted by Crippen LogP contribution is 2.18. The number of imide groups is 2. The third-order valence-electron chi connectivity index (χ3n) is 3.39. The van der Waals surface area contributed by atoms with Crippen LogP contribution in [0.1, 0.15) is 65.2 Å². The standard InChI is InChI=1S/C14H26N2O2/c1-3-5-7-9-11-15-13(17)16(14(15)18)12-10-8-6-4-2/h3-12H2,1-2H3. The molecule has 0 aliphatic carbocycles. The van der Waals surface area contributed by atoms with Crippen molar-refractivity contribution >= 4 is 12.1 Å². The van der Waals surface area contributed by atoms with Crippen LogP contribution >= 0.6 is 0 Å². The predicted molar refractivity (Wildman–Crippen MR) is 72.5 cm³/mol. The quantitative estimate of drug-likeness (QED) is 0.553. The second-order valence-corrected chi connectivity index (χ2v) is 4.99. The van der Waals surface area contributed by atoms with E-state index in [-0.39, 0.29) is 12.1 Å². The molecule has 0 aromatic heterocycles. The van der Waals surface area contributed by atoms with Crippen molar-refractivity contribution in [3.05, 3.63) is 0 Å². The van der Waals surface area contributed by atoms with Crippen molar-refractivity contribution in [3.8, 4) is 0 Å². The zero-order chi connectivity index (χ0) is 13.4. The van der Waals surface area contributed by atoms with Crippen molar-refractivity contribution in [3.63, 3.8) is 0 Å². The zero-order valence-corrected chi connectivity index (χ0v) is 11.8. The van der Waals surface area contributed by atoms with Gasteiger partial charge in [-0.3, -0.25) is 0 Å². The van der Waals surface area contributed by atoms with Crippen LogP contribution in [0.4, 0.5) is 9.59 Å². The Kier molecular flexibility index (Phi) is 6.76. The number of rotatable bonds is 10. The maximum Gasteiger partial charge on any atom is 0.336 e. The van der Waals surface area contributed by atoms with Gasteiger partial charge >= 0.3 is 12.1 Å². The number of nitrogens with zero attached hydrogens (tertiary/aromatic N) is 2. The van der Waals surface area contributed by atoms with E-state index in [1.807, 2.05) is 0 Å². The first-order chi connectivity index (χ1) is 8.72. The Morgan fingerprint density at radius 2 is 1.06 bits per heavy atom. The van der Waals surface area contributed by atoms with E-state index in [0.29, 0.717) is 13.1 Å². The summed E-state index contributed by atoms with van der Waals surface area (Å²) >= 11 is 0. The fraction of sp³-hybridized carbons (Fsp3) is 0.857. The molecule has 18 heavy (non-hydrogen) atoms. The van der Waals surface area contributed by atoms with Crippen LogP contribution in [-0.4, -0.2) is 35.0 Å². The number of urea groups is 2. The SMILES string of the molecule is CCCCCCN1C(=O)N(CCCCCC)C1=O. The lowest BCUT2D eigenvalue weighted by molar-refractivity contribution is 0.104. The van der Waals surface area contributed by atoms with Crippen molar-refractivity contribution in [1.29, 1.82) is 0 Å². The monoisotopic (exact) mass is 254 g/mol. The average Bonchev–Trinajstić information content (AvgIpc) is 2.38. The fourth-order valence-corrected chi connectivity index (χ4v) is 2.19. The Bertz CT molecular complexity index is 239. The van der Waals surface area contributed by atoms with E-state index < -0.39 is 0 Å². The smallest absolute Gasteiger partial charge is 0.247 e. The van der Waals surface area contributed by atoms with Crippen LogP contribution in [0.2, 0.25) is 0 Å². The largest absolute Gasteiger partial charge is 0.336 e. The lowest BCUT2D eigenvalue weighted by Crippen LogP contribution is -2.64. The summed E-state index contributed by atoms with van der Waals surface area (Å²) in [4.78, 5) is 26.2. The van der Waals surface area contributed by atoms with Gasteiger partial charge in [-0.2, -0.15) is 0 Å². The molecule has 4 amide bonds. The van der Waals surface area contributed by atoms with E-state index >= 15 is 0 Å². The molecule has 1 rings (SSSR count). The third kappa shape index (κ3) is 4.00. The molecule has 4 nitrogen and oxygen atoms in total. The molecule has 0 saturated carbocycles. The van der Waals surface area contributed by atoms with E-state index in [9.17, 15) is 9.59 Å². The Hall–Kier alpha value is -1.06. The lowest BCUT2D eigenvalue weighted by atomic mass is 10.2. The molecule has 0 atom stereocenters. The third-order valence-corrected chi connectivity index (χ3v) is 3.39. The molecule has 4 heteroatoms. The van der Waals surface area contributed by atoms with Gasteiger partial charge < -0.3 is 0 Å². The number of carbonyl (C=O) groups is 2. The summed E-state index contributed by atoms with van der Waals surface area (Å²) in [6.07, 6.45) is 8.78. The first-order valence-electron chi connectivity index (χ1n) is 7.35. The molecule has 0 spiro atoms. The Balaban J connectivity index is 2.15. The first kappa shape index (κ1) is 15.0. The van der Waals surface area contributed by atoms with Crippen LogP contribution in [-0.2, 0) is 0 Å². The fourth-order valence-electron chi connectivity index (χ4n) is 2.19. The molecule has 1 heterocycles. The second kappa shape index (κ2) is 8.11. The average molecular weight is 254 g/mol. The van der Waals surface area contributed by atoms with Crippen molar-refractivity contribution in [2.24, 2.45) is 0 Å². The molecular weight excluding hydrogens is 228 g/mol. The molecule has 1 aliphatic heterocycles. The minimum absolute atomic E-state index is 0.0898. The van der Waals surface area contributed by atoms with Crippen LogP contribution in [0, 0.1) is 0 Å². The summed E-state index contributed by atoms with van der Waals surface area (Å²) in [6, 6.07) is -0.180. The van der Waals surface area contributed by atoms with Gasteiger partial charge in [0.25, 0.3) is 0 Å². The maximum atomic E-state index is 11.7. The normalized spacial score (nSPS) is 15.2. The minimum Gasteiger partial charge on any atom is -0.247 e. The van der Waals surface area contributed by atoms with Gasteiger partial charge in [-0.25, -0.2) is 19.4 Å². The molecule has 1 fully saturated rings. The number of amides is 4. The van der Waals surface area contributed by atoms with Gasteiger partial charge in [-0.1, -0.05) is 52.4 Å². The van der Waals surface area contributed by atoms with Crippen LogP contribution in [0.25, 0.3) is 0 Å². The van der Waals surface area contributed by atoms with E-state index in [1.165, 1.54) is 35.5 Å². The molecule has 1 aliphatic rings. The molecule has 0 N–H and O–H groups in total. The molecule has 1 saturated heterocycles. The zero-order valence-electron chi connectivity index (χ0n) is 11.8. The molecule has 0 bridgehead atoms. The highest BCUT2D eigenvalue weighted by molar-refractivity contribution is 6.11. The summed E-state index contributed by atoms with van der Waals surface area (Å²) in [6.45, 7) is 5.50. The minimum atomic E-state index is -0.0898. The number of hydrogen-bond donors (Lipinski definition) is 0. The van der Waals surface area contributed by atoms with Gasteiger partial charge in [0.1, 0.15) is 0 Å². The van der Waals surface area contributed by atoms with Crippen molar-refractivity contribution in [1.82, 2.24) is 9.80 Å². The molecule has 0 aromatic carbocycles. The van der Waals surface area contributed by atoms with E-state index in [1.54, 1.807) is 0 Å². The maximum absolute atomic E-state index is 11.7. The number of unbranched alkanes of at least 4 members (excludes halogenated alkanes) is 6. The van der Waals surface area contributed by atoms with Gasteiger partial charge in [-0.15, -0.1) is 0 Å². The van der Waals surface area contributed by atoms with Crippen LogP contribution in [0.5, 0.6) is 0 Å². The molecule has 0 unspecified atom stereocenters. The van der Waals surface area contributed by atoms with Crippen LogP contribution in [0.15, 0.2) is 0 Å². The van der Waals surface area contributed by atoms with Crippen molar-refractivity contribution < 1.29 is 9.59 Å². The Morgan fingerprint density at radius 1 is 0.667 bits per heavy atom. The second-order valence-electron chi connectivity index (χ2n) is 4.99. The van der Waals surface area contributed by atoms with Crippen molar-refractivity contribution in [2.75, 3.05) is 13.1 Å². The van der Waals surface area contributed by atoms with Gasteiger partial charge in [-0.05, 0) is 12.8 Å². The van der Waals surface area contributed by atoms with Gasteiger partial charge in [0.15, 0.2) is 0 Å². The number of carbonyl (C=O) groups excluding carboxylic acids is 2. The van der Waals surface area contributed by atoms with Crippen molar-refractivity contribution in [2.45, 2.75) is 65.2 Å². The highest BCUT2D eigenvalue weighted by Gasteiger charge is 2.42. The van der Waals surface area contributed by atoms with Crippen LogP contribution < -0.4 is 0 Å². The number of hydrogen-bond acceptors (Lipinski definition) is 2. The summed E-state index contributed by atoms with van der Waals surface area (Å²) in [7, 11) is 0. The molecule has 0 aromatic rings. The van der Waals surface area contributed by atoms with Gasteiger partial charge in [0.2, 0.25) is 0 Å². The van der Waals surface area contributed by atoms with Gasteiger partial charge in [0.05, 0.1) is 0 Å². The Labute approximate surface area is 110 Å². The van der Waals surface area contributed by atoms with E-state index in [2.05, 4.69) is 13.8 Å². The first-order valence-corrected chi connectivity index (χ1v) is 7.35. The lowest BCUT2D eigenvalue weighted by Gasteiger charge is -2.39. The summed E-state index contributed by atoms with van der Waals surface area (Å²) in [5, 5.41) is 0. The van der Waals surface area contributed by atoms with Crippen LogP contribution in [0.3, 0.4) is 0 Å². The molecule has 104 valence electrons. The Morgan fingerprint density at radius 3 is 1.39 bits per heavy atom. The van der Waals surface area contributed by atoms with E-state index in [0.717, 1.165) is 25.7 Å². The van der Waals surface area contributed by atoms with Gasteiger partial charge in [0, 0.05) is 13.1 Å². The summed E-state index contributed by atoms with van der Waals surface area (Å²) in [5.41, 5.74) is 0. The summed E-state index contributed by atoms with van der Waals surface area (Å²) < 4.78 is 0. The highest BCUT2D eigenvalue weighted by atomic mass is 16.2. The summed E-state index contributed by atoms with van der Waals surface area (Å²) in [5.74, 6) is 0. The molecule has 0 radical (unpaired) electrons.